The minimum atomic E-state index is -4.34. The highest BCUT2D eigenvalue weighted by Crippen LogP contribution is 2.57. The largest absolute Gasteiger partial charge is 0.481 e. The molecule has 1 aromatic rings. The van der Waals surface area contributed by atoms with Crippen molar-refractivity contribution in [3.63, 3.8) is 0 Å². The molecule has 0 bridgehead atoms. The van der Waals surface area contributed by atoms with E-state index in [0.717, 1.165) is 36.8 Å². The third-order valence-electron chi connectivity index (χ3n) is 6.87. The Labute approximate surface area is 155 Å². The fourth-order valence-electron chi connectivity index (χ4n) is 5.45. The topological polar surface area (TPSA) is 91.7 Å². The lowest BCUT2D eigenvalue weighted by molar-refractivity contribution is -0.157. The number of carbonyl (C=O) groups is 1. The van der Waals surface area contributed by atoms with E-state index in [1.54, 1.807) is 6.07 Å². The highest BCUT2D eigenvalue weighted by atomic mass is 32.2. The zero-order valence-electron chi connectivity index (χ0n) is 15.9. The average molecular weight is 381 g/mol. The van der Waals surface area contributed by atoms with E-state index in [0.29, 0.717) is 12.0 Å². The highest BCUT2D eigenvalue weighted by molar-refractivity contribution is 7.85. The van der Waals surface area contributed by atoms with Gasteiger partial charge in [0, 0.05) is 0 Å². The van der Waals surface area contributed by atoms with E-state index in [4.69, 9.17) is 0 Å². The van der Waals surface area contributed by atoms with Crippen LogP contribution in [0.4, 0.5) is 0 Å². The summed E-state index contributed by atoms with van der Waals surface area (Å²) >= 11 is 0. The Morgan fingerprint density at radius 1 is 1.23 bits per heavy atom. The molecular weight excluding hydrogens is 352 g/mol. The normalized spacial score (nSPS) is 31.4. The first kappa shape index (κ1) is 19.4. The predicted octanol–water partition coefficient (Wildman–Crippen LogP) is 4.15. The van der Waals surface area contributed by atoms with Gasteiger partial charge < -0.3 is 5.11 Å². The van der Waals surface area contributed by atoms with Crippen LogP contribution < -0.4 is 0 Å². The lowest BCUT2D eigenvalue weighted by Crippen LogP contribution is -2.52. The van der Waals surface area contributed by atoms with Crippen molar-refractivity contribution in [1.29, 1.82) is 0 Å². The van der Waals surface area contributed by atoms with Gasteiger partial charge in [-0.25, -0.2) is 0 Å². The number of hydrogen-bond donors (Lipinski definition) is 2. The summed E-state index contributed by atoms with van der Waals surface area (Å²) in [6.07, 6.45) is 3.80. The molecule has 0 aromatic heterocycles. The van der Waals surface area contributed by atoms with Gasteiger partial charge >= 0.3 is 5.97 Å². The van der Waals surface area contributed by atoms with Crippen LogP contribution in [0.2, 0.25) is 0 Å². The summed E-state index contributed by atoms with van der Waals surface area (Å²) in [6, 6.07) is 3.54. The molecule has 0 heterocycles. The number of fused-ring (bicyclic) bond motifs is 3. The van der Waals surface area contributed by atoms with Crippen molar-refractivity contribution in [2.24, 2.45) is 11.3 Å². The number of rotatable bonds is 3. The van der Waals surface area contributed by atoms with Gasteiger partial charge in [-0.1, -0.05) is 33.3 Å². The van der Waals surface area contributed by atoms with Crippen molar-refractivity contribution < 1.29 is 22.9 Å². The molecule has 3 atom stereocenters. The zero-order valence-corrected chi connectivity index (χ0v) is 16.7. The van der Waals surface area contributed by atoms with Crippen molar-refractivity contribution >= 4 is 16.1 Å². The first-order valence-corrected chi connectivity index (χ1v) is 10.7. The minimum absolute atomic E-state index is 0.0293. The van der Waals surface area contributed by atoms with E-state index >= 15 is 0 Å². The van der Waals surface area contributed by atoms with Crippen LogP contribution in [-0.4, -0.2) is 24.0 Å². The molecule has 2 aliphatic rings. The maximum absolute atomic E-state index is 12.0. The van der Waals surface area contributed by atoms with Crippen LogP contribution in [0, 0.1) is 11.3 Å². The Morgan fingerprint density at radius 3 is 2.42 bits per heavy atom. The zero-order chi connectivity index (χ0) is 19.5. The quantitative estimate of drug-likeness (QED) is 0.769. The Bertz CT molecular complexity index is 857. The van der Waals surface area contributed by atoms with Gasteiger partial charge in [-0.05, 0) is 72.6 Å². The van der Waals surface area contributed by atoms with E-state index in [1.165, 1.54) is 0 Å². The summed E-state index contributed by atoms with van der Waals surface area (Å²) in [4.78, 5) is 12.0. The fraction of sp³-hybridized carbons (Fsp3) is 0.650. The first-order chi connectivity index (χ1) is 11.9. The Morgan fingerprint density at radius 2 is 1.88 bits per heavy atom. The second-order valence-corrected chi connectivity index (χ2v) is 10.2. The van der Waals surface area contributed by atoms with E-state index in [2.05, 4.69) is 6.92 Å². The predicted molar refractivity (Wildman–Crippen MR) is 99.1 cm³/mol. The lowest BCUT2D eigenvalue weighted by Gasteiger charge is -2.53. The van der Waals surface area contributed by atoms with Crippen molar-refractivity contribution in [3.8, 4) is 0 Å². The molecule has 2 N–H and O–H groups in total. The lowest BCUT2D eigenvalue weighted by atomic mass is 9.50. The molecule has 1 unspecified atom stereocenters. The van der Waals surface area contributed by atoms with Crippen molar-refractivity contribution in [3.05, 3.63) is 28.8 Å². The molecule has 0 amide bonds. The summed E-state index contributed by atoms with van der Waals surface area (Å²) in [5, 5.41) is 9.86. The Kier molecular flexibility index (Phi) is 4.51. The average Bonchev–Trinajstić information content (AvgIpc) is 2.52. The smallest absolute Gasteiger partial charge is 0.309 e. The van der Waals surface area contributed by atoms with Crippen LogP contribution in [0.5, 0.6) is 0 Å². The monoisotopic (exact) mass is 380 g/mol. The third kappa shape index (κ3) is 2.78. The number of carboxylic acids is 1. The summed E-state index contributed by atoms with van der Waals surface area (Å²) in [5.41, 5.74) is 1.42. The third-order valence-corrected chi connectivity index (χ3v) is 7.78. The molecule has 0 radical (unpaired) electrons. The molecule has 0 spiro atoms. The van der Waals surface area contributed by atoms with Crippen LogP contribution in [0.25, 0.3) is 0 Å². The van der Waals surface area contributed by atoms with Gasteiger partial charge in [0.1, 0.15) is 0 Å². The number of hydrogen-bond acceptors (Lipinski definition) is 3. The van der Waals surface area contributed by atoms with Crippen LogP contribution in [-0.2, 0) is 26.7 Å². The van der Waals surface area contributed by atoms with E-state index in [9.17, 15) is 22.9 Å². The number of benzene rings is 1. The number of carboxylic acid groups (broad SMARTS) is 1. The molecule has 3 rings (SSSR count). The molecule has 5 nitrogen and oxygen atoms in total. The molecule has 0 saturated heterocycles. The molecule has 1 fully saturated rings. The van der Waals surface area contributed by atoms with Gasteiger partial charge in [-0.3, -0.25) is 9.35 Å². The van der Waals surface area contributed by atoms with Crippen LogP contribution in [0.15, 0.2) is 17.0 Å². The molecule has 1 aromatic carbocycles. The summed E-state index contributed by atoms with van der Waals surface area (Å²) in [5.74, 6) is -0.850. The van der Waals surface area contributed by atoms with Crippen molar-refractivity contribution in [2.75, 3.05) is 0 Å². The summed E-state index contributed by atoms with van der Waals surface area (Å²) < 4.78 is 33.8. The van der Waals surface area contributed by atoms with Crippen LogP contribution >= 0.6 is 0 Å². The minimum Gasteiger partial charge on any atom is -0.481 e. The van der Waals surface area contributed by atoms with Crippen molar-refractivity contribution in [1.82, 2.24) is 0 Å². The molecule has 144 valence electrons. The first-order valence-electron chi connectivity index (χ1n) is 9.29. The van der Waals surface area contributed by atoms with Gasteiger partial charge in [-0.15, -0.1) is 0 Å². The van der Waals surface area contributed by atoms with Gasteiger partial charge in [0.15, 0.2) is 0 Å². The maximum Gasteiger partial charge on any atom is 0.309 e. The van der Waals surface area contributed by atoms with Crippen molar-refractivity contribution in [2.45, 2.75) is 76.0 Å². The summed E-state index contributed by atoms with van der Waals surface area (Å²) in [7, 11) is -4.34. The van der Waals surface area contributed by atoms with E-state index in [1.807, 2.05) is 26.8 Å². The molecule has 26 heavy (non-hydrogen) atoms. The van der Waals surface area contributed by atoms with Gasteiger partial charge in [0.25, 0.3) is 10.1 Å². The van der Waals surface area contributed by atoms with E-state index in [-0.39, 0.29) is 16.7 Å². The number of aliphatic carboxylic acids is 1. The highest BCUT2D eigenvalue weighted by Gasteiger charge is 2.55. The van der Waals surface area contributed by atoms with Crippen LogP contribution in [0.1, 0.15) is 76.0 Å². The Hall–Kier alpha value is -1.40. The van der Waals surface area contributed by atoms with E-state index < -0.39 is 26.9 Å². The van der Waals surface area contributed by atoms with Gasteiger partial charge in [-0.2, -0.15) is 8.42 Å². The second-order valence-electron chi connectivity index (χ2n) is 8.76. The van der Waals surface area contributed by atoms with Gasteiger partial charge in [0.05, 0.1) is 10.3 Å². The molecule has 0 aliphatic heterocycles. The Balaban J connectivity index is 2.24. The maximum atomic E-state index is 12.0. The molecular formula is C20H28O5S. The summed E-state index contributed by atoms with van der Waals surface area (Å²) in [6.45, 7) is 7.71. The SMILES string of the molecule is CC(C)c1cc2c(cc1S(=O)(=O)O)C1(C)CCC[C@@](C)(C(=O)O)[C@@H]1CC2. The van der Waals surface area contributed by atoms with Crippen LogP contribution in [0.3, 0.4) is 0 Å². The molecule has 1 saturated carbocycles. The second kappa shape index (κ2) is 6.06. The molecule has 2 aliphatic carbocycles. The number of aryl methyl sites for hydroxylation is 1. The molecule has 6 heteroatoms. The van der Waals surface area contributed by atoms with Gasteiger partial charge in [0.2, 0.25) is 0 Å². The standard InChI is InChI=1S/C20H28O5S/c1-12(2)14-10-13-6-7-17-19(3,8-5-9-20(17,4)18(21)22)15(13)11-16(14)26(23,24)25/h10-12,17H,5-9H2,1-4H3,(H,21,22)(H,23,24,25)/t17-,19?,20-/m1/s1. The fourth-order valence-corrected chi connectivity index (χ4v) is 6.31.